The van der Waals surface area contributed by atoms with Crippen molar-refractivity contribution in [3.8, 4) is 0 Å². The molecule has 0 aromatic heterocycles. The van der Waals surface area contributed by atoms with E-state index in [2.05, 4.69) is 26.8 Å². The molecule has 0 saturated heterocycles. The third-order valence-electron chi connectivity index (χ3n) is 1.92. The fourth-order valence-electron chi connectivity index (χ4n) is 1.18. The number of rotatable bonds is 6. The molecule has 0 aliphatic carbocycles. The largest absolute Gasteiger partial charge is 0.0856 e. The van der Waals surface area contributed by atoms with Crippen LogP contribution in [0.15, 0.2) is 11.6 Å². The van der Waals surface area contributed by atoms with E-state index >= 15 is 0 Å². The fourth-order valence-corrected chi connectivity index (χ4v) is 1.18. The van der Waals surface area contributed by atoms with Gasteiger partial charge in [0.05, 0.1) is 0 Å². The number of unbranched alkanes of at least 4 members (excludes halogenated alkanes) is 3. The van der Waals surface area contributed by atoms with E-state index in [1.165, 1.54) is 37.7 Å². The molecule has 0 nitrogen and oxygen atoms in total. The van der Waals surface area contributed by atoms with E-state index < -0.39 is 0 Å². The SMILES string of the molecule is [CH2]CC=C(C)CCCCCC. The Labute approximate surface area is 71.7 Å². The maximum absolute atomic E-state index is 3.79. The Morgan fingerprint density at radius 1 is 1.27 bits per heavy atom. The third kappa shape index (κ3) is 7.64. The van der Waals surface area contributed by atoms with Gasteiger partial charge in [0.2, 0.25) is 0 Å². The summed E-state index contributed by atoms with van der Waals surface area (Å²) in [6.45, 7) is 8.25. The highest BCUT2D eigenvalue weighted by molar-refractivity contribution is 4.97. The molecule has 0 unspecified atom stereocenters. The second-order valence-corrected chi connectivity index (χ2v) is 3.15. The Morgan fingerprint density at radius 2 is 2.00 bits per heavy atom. The van der Waals surface area contributed by atoms with Crippen molar-refractivity contribution >= 4 is 0 Å². The smallest absolute Gasteiger partial charge is 0.0323 e. The van der Waals surface area contributed by atoms with E-state index in [9.17, 15) is 0 Å². The van der Waals surface area contributed by atoms with Gasteiger partial charge in [-0.05, 0) is 33.1 Å². The van der Waals surface area contributed by atoms with Crippen LogP contribution < -0.4 is 0 Å². The van der Waals surface area contributed by atoms with E-state index in [0.717, 1.165) is 6.42 Å². The van der Waals surface area contributed by atoms with Crippen LogP contribution in [0, 0.1) is 6.92 Å². The molecule has 65 valence electrons. The Bertz CT molecular complexity index is 101. The lowest BCUT2D eigenvalue weighted by atomic mass is 10.1. The summed E-state index contributed by atoms with van der Waals surface area (Å²) in [5, 5.41) is 0. The molecular formula is C11H21. The summed E-state index contributed by atoms with van der Waals surface area (Å²) in [4.78, 5) is 0. The Kier molecular flexibility index (Phi) is 7.66. The van der Waals surface area contributed by atoms with Crippen LogP contribution in [-0.4, -0.2) is 0 Å². The van der Waals surface area contributed by atoms with Gasteiger partial charge in [0.1, 0.15) is 0 Å². The lowest BCUT2D eigenvalue weighted by Crippen LogP contribution is -1.79. The molecule has 0 aromatic carbocycles. The predicted molar refractivity (Wildman–Crippen MR) is 52.5 cm³/mol. The highest BCUT2D eigenvalue weighted by Gasteiger charge is 1.89. The first-order valence-corrected chi connectivity index (χ1v) is 4.76. The highest BCUT2D eigenvalue weighted by atomic mass is 14.0. The van der Waals surface area contributed by atoms with Crippen LogP contribution in [0.1, 0.15) is 52.4 Å². The van der Waals surface area contributed by atoms with Gasteiger partial charge in [0.25, 0.3) is 0 Å². The Balaban J connectivity index is 3.17. The van der Waals surface area contributed by atoms with Crippen molar-refractivity contribution < 1.29 is 0 Å². The second-order valence-electron chi connectivity index (χ2n) is 3.15. The zero-order valence-electron chi connectivity index (χ0n) is 8.03. The molecule has 1 radical (unpaired) electrons. The summed E-state index contributed by atoms with van der Waals surface area (Å²) in [7, 11) is 0. The Hall–Kier alpha value is -0.260. The second kappa shape index (κ2) is 7.84. The van der Waals surface area contributed by atoms with Gasteiger partial charge in [-0.15, -0.1) is 0 Å². The standard InChI is InChI=1S/C11H21/c1-4-6-7-8-10-11(3)9-5-2/h9H,2,4-8,10H2,1,3H3. The first-order chi connectivity index (χ1) is 5.31. The molecular weight excluding hydrogens is 132 g/mol. The van der Waals surface area contributed by atoms with Gasteiger partial charge in [0.15, 0.2) is 0 Å². The average molecular weight is 153 g/mol. The van der Waals surface area contributed by atoms with Gasteiger partial charge in [-0.3, -0.25) is 0 Å². The van der Waals surface area contributed by atoms with Gasteiger partial charge in [-0.2, -0.15) is 0 Å². The Morgan fingerprint density at radius 3 is 2.55 bits per heavy atom. The van der Waals surface area contributed by atoms with Gasteiger partial charge in [-0.1, -0.05) is 37.8 Å². The highest BCUT2D eigenvalue weighted by Crippen LogP contribution is 2.09. The summed E-state index contributed by atoms with van der Waals surface area (Å²) in [5.41, 5.74) is 1.51. The minimum absolute atomic E-state index is 0.944. The predicted octanol–water partition coefficient (Wildman–Crippen LogP) is 4.13. The van der Waals surface area contributed by atoms with E-state index in [1.807, 2.05) is 0 Å². The molecule has 0 heterocycles. The molecule has 0 saturated carbocycles. The summed E-state index contributed by atoms with van der Waals surface area (Å²) >= 11 is 0. The average Bonchev–Trinajstić information content (AvgIpc) is 1.99. The molecule has 0 amide bonds. The third-order valence-corrected chi connectivity index (χ3v) is 1.92. The summed E-state index contributed by atoms with van der Waals surface area (Å²) in [5.74, 6) is 0. The molecule has 0 aliphatic rings. The van der Waals surface area contributed by atoms with Crippen molar-refractivity contribution in [2.24, 2.45) is 0 Å². The molecule has 0 bridgehead atoms. The maximum atomic E-state index is 3.79. The van der Waals surface area contributed by atoms with E-state index in [-0.39, 0.29) is 0 Å². The van der Waals surface area contributed by atoms with Gasteiger partial charge >= 0.3 is 0 Å². The van der Waals surface area contributed by atoms with Gasteiger partial charge in [-0.25, -0.2) is 0 Å². The van der Waals surface area contributed by atoms with Crippen LogP contribution in [-0.2, 0) is 0 Å². The van der Waals surface area contributed by atoms with Crippen molar-refractivity contribution in [2.75, 3.05) is 0 Å². The van der Waals surface area contributed by atoms with Crippen LogP contribution in [0.3, 0.4) is 0 Å². The van der Waals surface area contributed by atoms with Crippen molar-refractivity contribution in [1.82, 2.24) is 0 Å². The normalized spacial score (nSPS) is 12.1. The first kappa shape index (κ1) is 10.7. The molecule has 0 N–H and O–H groups in total. The zero-order valence-corrected chi connectivity index (χ0v) is 8.03. The number of hydrogen-bond donors (Lipinski definition) is 0. The van der Waals surface area contributed by atoms with Crippen LogP contribution in [0.25, 0.3) is 0 Å². The monoisotopic (exact) mass is 153 g/mol. The van der Waals surface area contributed by atoms with Crippen molar-refractivity contribution in [3.05, 3.63) is 18.6 Å². The van der Waals surface area contributed by atoms with E-state index in [1.54, 1.807) is 0 Å². The zero-order chi connectivity index (χ0) is 8.53. The van der Waals surface area contributed by atoms with Crippen LogP contribution >= 0.6 is 0 Å². The minimum atomic E-state index is 0.944. The van der Waals surface area contributed by atoms with Crippen molar-refractivity contribution in [3.63, 3.8) is 0 Å². The van der Waals surface area contributed by atoms with Crippen LogP contribution in [0.5, 0.6) is 0 Å². The first-order valence-electron chi connectivity index (χ1n) is 4.76. The molecule has 0 atom stereocenters. The molecule has 0 fully saturated rings. The molecule has 0 spiro atoms. The summed E-state index contributed by atoms with van der Waals surface area (Å²) in [6, 6.07) is 0. The quantitative estimate of drug-likeness (QED) is 0.397. The minimum Gasteiger partial charge on any atom is -0.0856 e. The van der Waals surface area contributed by atoms with Crippen molar-refractivity contribution in [1.29, 1.82) is 0 Å². The van der Waals surface area contributed by atoms with Crippen LogP contribution in [0.2, 0.25) is 0 Å². The summed E-state index contributed by atoms with van der Waals surface area (Å²) in [6.07, 6.45) is 9.91. The molecule has 0 rings (SSSR count). The van der Waals surface area contributed by atoms with Crippen LogP contribution in [0.4, 0.5) is 0 Å². The molecule has 11 heavy (non-hydrogen) atoms. The lowest BCUT2D eigenvalue weighted by molar-refractivity contribution is 0.663. The summed E-state index contributed by atoms with van der Waals surface area (Å²) < 4.78 is 0. The topological polar surface area (TPSA) is 0 Å². The maximum Gasteiger partial charge on any atom is -0.0323 e. The molecule has 0 aromatic rings. The molecule has 0 aliphatic heterocycles. The van der Waals surface area contributed by atoms with E-state index in [0.29, 0.717) is 0 Å². The fraction of sp³-hybridized carbons (Fsp3) is 0.727. The number of hydrogen-bond acceptors (Lipinski definition) is 0. The number of allylic oxidation sites excluding steroid dienone is 2. The lowest BCUT2D eigenvalue weighted by Gasteiger charge is -1.99. The van der Waals surface area contributed by atoms with Gasteiger partial charge in [0, 0.05) is 0 Å². The van der Waals surface area contributed by atoms with Crippen molar-refractivity contribution in [2.45, 2.75) is 52.4 Å². The van der Waals surface area contributed by atoms with E-state index in [4.69, 9.17) is 0 Å². The molecule has 0 heteroatoms. The van der Waals surface area contributed by atoms with Gasteiger partial charge < -0.3 is 0 Å².